The summed E-state index contributed by atoms with van der Waals surface area (Å²) >= 11 is 0. The molecule has 8 heteroatoms. The standard InChI is InChI=1S/C18H25N3O4S/c1-13(22)14-6-5-7-15(10-14)20-18(23)17-11-16(12-19-17)26(24,25)21-8-3-2-4-9-21/h5-7,10,16-17,19H,2-4,8-9,11-12H2,1H3,(H,20,23). The van der Waals surface area contributed by atoms with Crippen molar-refractivity contribution in [3.63, 3.8) is 0 Å². The topological polar surface area (TPSA) is 95.6 Å². The van der Waals surface area contributed by atoms with Crippen LogP contribution in [0.4, 0.5) is 5.69 Å². The number of ketones is 1. The first-order valence-corrected chi connectivity index (χ1v) is 10.5. The highest BCUT2D eigenvalue weighted by atomic mass is 32.2. The minimum atomic E-state index is -3.37. The van der Waals surface area contributed by atoms with Gasteiger partial charge >= 0.3 is 0 Å². The van der Waals surface area contributed by atoms with E-state index in [1.807, 2.05) is 0 Å². The number of carbonyl (C=O) groups is 2. The molecule has 0 saturated carbocycles. The number of Topliss-reactive ketones (excluding diaryl/α,β-unsaturated/α-hetero) is 1. The van der Waals surface area contributed by atoms with Gasteiger partial charge in [-0.2, -0.15) is 0 Å². The number of carbonyl (C=O) groups excluding carboxylic acids is 2. The Morgan fingerprint density at radius 2 is 1.92 bits per heavy atom. The monoisotopic (exact) mass is 379 g/mol. The molecule has 142 valence electrons. The molecular formula is C18H25N3O4S. The molecule has 2 fully saturated rings. The Morgan fingerprint density at radius 3 is 2.62 bits per heavy atom. The summed E-state index contributed by atoms with van der Waals surface area (Å²) in [4.78, 5) is 23.9. The molecule has 26 heavy (non-hydrogen) atoms. The van der Waals surface area contributed by atoms with Crippen LogP contribution in [0.2, 0.25) is 0 Å². The highest BCUT2D eigenvalue weighted by Gasteiger charge is 2.40. The van der Waals surface area contributed by atoms with Crippen LogP contribution >= 0.6 is 0 Å². The van der Waals surface area contributed by atoms with Crippen LogP contribution in [0.15, 0.2) is 24.3 Å². The van der Waals surface area contributed by atoms with Crippen molar-refractivity contribution in [3.8, 4) is 0 Å². The lowest BCUT2D eigenvalue weighted by molar-refractivity contribution is -0.117. The van der Waals surface area contributed by atoms with Crippen molar-refractivity contribution < 1.29 is 18.0 Å². The summed E-state index contributed by atoms with van der Waals surface area (Å²) in [5, 5.41) is 5.22. The fourth-order valence-corrected chi connectivity index (χ4v) is 5.44. The van der Waals surface area contributed by atoms with Crippen LogP contribution in [-0.2, 0) is 14.8 Å². The Balaban J connectivity index is 1.62. The van der Waals surface area contributed by atoms with E-state index < -0.39 is 21.3 Å². The summed E-state index contributed by atoms with van der Waals surface area (Å²) < 4.78 is 27.1. The van der Waals surface area contributed by atoms with Gasteiger partial charge in [0.15, 0.2) is 5.78 Å². The second-order valence-corrected chi connectivity index (χ2v) is 9.16. The Bertz CT molecular complexity index is 787. The predicted octanol–water partition coefficient (Wildman–Crippen LogP) is 1.37. The van der Waals surface area contributed by atoms with E-state index in [1.165, 1.54) is 6.92 Å². The lowest BCUT2D eigenvalue weighted by Gasteiger charge is -2.28. The van der Waals surface area contributed by atoms with Crippen LogP contribution in [0.1, 0.15) is 43.0 Å². The number of nitrogens with one attached hydrogen (secondary N) is 2. The SMILES string of the molecule is CC(=O)c1cccc(NC(=O)C2CC(S(=O)(=O)N3CCCCC3)CN2)c1. The van der Waals surface area contributed by atoms with E-state index in [-0.39, 0.29) is 24.7 Å². The van der Waals surface area contributed by atoms with Gasteiger partial charge in [0.05, 0.1) is 11.3 Å². The predicted molar refractivity (Wildman–Crippen MR) is 99.6 cm³/mol. The summed E-state index contributed by atoms with van der Waals surface area (Å²) in [6, 6.07) is 6.17. The third-order valence-corrected chi connectivity index (χ3v) is 7.33. The Hall–Kier alpha value is -1.77. The van der Waals surface area contributed by atoms with Gasteiger partial charge in [-0.1, -0.05) is 18.6 Å². The number of amides is 1. The van der Waals surface area contributed by atoms with Crippen LogP contribution in [-0.4, -0.2) is 55.3 Å². The molecule has 2 unspecified atom stereocenters. The smallest absolute Gasteiger partial charge is 0.241 e. The van der Waals surface area contributed by atoms with E-state index in [4.69, 9.17) is 0 Å². The van der Waals surface area contributed by atoms with Gasteiger partial charge in [-0.15, -0.1) is 0 Å². The first-order valence-electron chi connectivity index (χ1n) is 9.02. The molecule has 1 aromatic rings. The average Bonchev–Trinajstić information content (AvgIpc) is 3.14. The van der Waals surface area contributed by atoms with E-state index >= 15 is 0 Å². The van der Waals surface area contributed by atoms with Crippen LogP contribution in [0.25, 0.3) is 0 Å². The summed E-state index contributed by atoms with van der Waals surface area (Å²) in [6.45, 7) is 2.90. The Labute approximate surface area is 154 Å². The van der Waals surface area contributed by atoms with Gasteiger partial charge in [0, 0.05) is 30.9 Å². The second-order valence-electron chi connectivity index (χ2n) is 6.95. The first kappa shape index (κ1) is 19.0. The largest absolute Gasteiger partial charge is 0.325 e. The summed E-state index contributed by atoms with van der Waals surface area (Å²) in [6.07, 6.45) is 3.13. The number of anilines is 1. The molecule has 1 amide bonds. The fraction of sp³-hybridized carbons (Fsp3) is 0.556. The van der Waals surface area contributed by atoms with E-state index in [0.29, 0.717) is 24.3 Å². The van der Waals surface area contributed by atoms with Crippen LogP contribution < -0.4 is 10.6 Å². The van der Waals surface area contributed by atoms with Crippen molar-refractivity contribution in [1.82, 2.24) is 9.62 Å². The molecule has 2 aliphatic rings. The Kier molecular flexibility index (Phi) is 5.74. The van der Waals surface area contributed by atoms with Crippen molar-refractivity contribution in [2.45, 2.75) is 43.9 Å². The van der Waals surface area contributed by atoms with Crippen LogP contribution in [0.5, 0.6) is 0 Å². The number of hydrogen-bond acceptors (Lipinski definition) is 5. The maximum absolute atomic E-state index is 12.8. The molecule has 3 rings (SSSR count). The van der Waals surface area contributed by atoms with Gasteiger partial charge in [-0.05, 0) is 38.3 Å². The van der Waals surface area contributed by atoms with Crippen molar-refractivity contribution in [1.29, 1.82) is 0 Å². The molecule has 2 N–H and O–H groups in total. The lowest BCUT2D eigenvalue weighted by atomic mass is 10.1. The zero-order valence-electron chi connectivity index (χ0n) is 14.9. The van der Waals surface area contributed by atoms with E-state index in [1.54, 1.807) is 28.6 Å². The maximum atomic E-state index is 12.8. The van der Waals surface area contributed by atoms with Crippen molar-refractivity contribution in [2.75, 3.05) is 25.0 Å². The van der Waals surface area contributed by atoms with Crippen molar-refractivity contribution >= 4 is 27.4 Å². The maximum Gasteiger partial charge on any atom is 0.241 e. The van der Waals surface area contributed by atoms with Gasteiger partial charge in [-0.25, -0.2) is 12.7 Å². The third-order valence-electron chi connectivity index (χ3n) is 5.04. The number of rotatable bonds is 5. The van der Waals surface area contributed by atoms with E-state index in [0.717, 1.165) is 19.3 Å². The highest BCUT2D eigenvalue weighted by molar-refractivity contribution is 7.89. The number of nitrogens with zero attached hydrogens (tertiary/aromatic N) is 1. The summed E-state index contributed by atoms with van der Waals surface area (Å²) in [7, 11) is -3.37. The summed E-state index contributed by atoms with van der Waals surface area (Å²) in [5.41, 5.74) is 1.06. The molecule has 0 aromatic heterocycles. The molecule has 0 radical (unpaired) electrons. The normalized spacial score (nSPS) is 24.3. The zero-order valence-corrected chi connectivity index (χ0v) is 15.7. The Morgan fingerprint density at radius 1 is 1.19 bits per heavy atom. The molecule has 2 aliphatic heterocycles. The molecule has 2 atom stereocenters. The molecule has 2 heterocycles. The molecule has 0 bridgehead atoms. The molecular weight excluding hydrogens is 354 g/mol. The highest BCUT2D eigenvalue weighted by Crippen LogP contribution is 2.23. The minimum Gasteiger partial charge on any atom is -0.325 e. The van der Waals surface area contributed by atoms with Gasteiger partial charge in [0.2, 0.25) is 15.9 Å². The average molecular weight is 379 g/mol. The number of hydrogen-bond donors (Lipinski definition) is 2. The number of benzene rings is 1. The van der Waals surface area contributed by atoms with E-state index in [2.05, 4.69) is 10.6 Å². The first-order chi connectivity index (χ1) is 12.4. The van der Waals surface area contributed by atoms with Gasteiger partial charge in [0.1, 0.15) is 0 Å². The zero-order chi connectivity index (χ0) is 18.7. The van der Waals surface area contributed by atoms with Crippen LogP contribution in [0.3, 0.4) is 0 Å². The molecule has 0 aliphatic carbocycles. The second kappa shape index (κ2) is 7.85. The van der Waals surface area contributed by atoms with Gasteiger partial charge < -0.3 is 10.6 Å². The van der Waals surface area contributed by atoms with Gasteiger partial charge in [0.25, 0.3) is 0 Å². The van der Waals surface area contributed by atoms with Crippen molar-refractivity contribution in [2.24, 2.45) is 0 Å². The summed E-state index contributed by atoms with van der Waals surface area (Å²) in [5.74, 6) is -0.352. The van der Waals surface area contributed by atoms with Crippen molar-refractivity contribution in [3.05, 3.63) is 29.8 Å². The molecule has 7 nitrogen and oxygen atoms in total. The third kappa shape index (κ3) is 4.13. The number of sulfonamides is 1. The van der Waals surface area contributed by atoms with Crippen LogP contribution in [0, 0.1) is 0 Å². The molecule has 1 aromatic carbocycles. The molecule has 0 spiro atoms. The quantitative estimate of drug-likeness (QED) is 0.754. The fourth-order valence-electron chi connectivity index (χ4n) is 3.51. The minimum absolute atomic E-state index is 0.0761. The number of piperidine rings is 1. The lowest BCUT2D eigenvalue weighted by Crippen LogP contribution is -2.42. The molecule has 2 saturated heterocycles. The van der Waals surface area contributed by atoms with E-state index in [9.17, 15) is 18.0 Å². The van der Waals surface area contributed by atoms with Gasteiger partial charge in [-0.3, -0.25) is 9.59 Å².